The summed E-state index contributed by atoms with van der Waals surface area (Å²) in [5.41, 5.74) is 1.81. The van der Waals surface area contributed by atoms with Gasteiger partial charge in [0.1, 0.15) is 0 Å². The maximum atomic E-state index is 11.8. The fourth-order valence-corrected chi connectivity index (χ4v) is 1.68. The first kappa shape index (κ1) is 11.9. The molecule has 1 radical (unpaired) electrons. The zero-order valence-corrected chi connectivity index (χ0v) is 10.0. The highest BCUT2D eigenvalue weighted by Gasteiger charge is 2.06. The normalized spacial score (nSPS) is 10.2. The van der Waals surface area contributed by atoms with Crippen LogP contribution in [-0.4, -0.2) is 5.78 Å². The van der Waals surface area contributed by atoms with E-state index in [1.165, 1.54) is 0 Å². The molecular weight excluding hydrogens is 232 g/mol. The molecule has 0 spiro atoms. The van der Waals surface area contributed by atoms with Crippen LogP contribution in [0.3, 0.4) is 0 Å². The molecule has 0 aliphatic heterocycles. The fraction of sp³-hybridized carbons (Fsp3) is 0.0667. The molecule has 0 atom stereocenters. The minimum absolute atomic E-state index is 0.0329. The summed E-state index contributed by atoms with van der Waals surface area (Å²) < 4.78 is 0. The molecule has 0 aromatic heterocycles. The Bertz CT molecular complexity index is 488. The summed E-state index contributed by atoms with van der Waals surface area (Å²) in [6, 6.07) is 16.8. The van der Waals surface area contributed by atoms with Crippen LogP contribution in [0.1, 0.15) is 15.9 Å². The summed E-state index contributed by atoms with van der Waals surface area (Å²) >= 11 is 5.77. The molecule has 17 heavy (non-hydrogen) atoms. The third kappa shape index (κ3) is 3.43. The molecule has 0 amide bonds. The number of hydrogen-bond donors (Lipinski definition) is 0. The molecule has 0 aliphatic rings. The number of halogens is 1. The second-order valence-electron chi connectivity index (χ2n) is 3.76. The Morgan fingerprint density at radius 1 is 1.00 bits per heavy atom. The number of hydrogen-bond acceptors (Lipinski definition) is 1. The molecule has 2 aromatic rings. The predicted octanol–water partition coefficient (Wildman–Crippen LogP) is 3.97. The van der Waals surface area contributed by atoms with Crippen LogP contribution in [0, 0.1) is 6.42 Å². The Balaban J connectivity index is 1.96. The van der Waals surface area contributed by atoms with Crippen molar-refractivity contribution in [1.29, 1.82) is 0 Å². The Morgan fingerprint density at radius 3 is 2.29 bits per heavy atom. The predicted molar refractivity (Wildman–Crippen MR) is 70.2 cm³/mol. The highest BCUT2D eigenvalue weighted by molar-refractivity contribution is 6.30. The zero-order chi connectivity index (χ0) is 12.1. The number of benzene rings is 2. The summed E-state index contributed by atoms with van der Waals surface area (Å²) in [4.78, 5) is 11.8. The number of ketones is 1. The van der Waals surface area contributed by atoms with Crippen LogP contribution in [0.4, 0.5) is 0 Å². The van der Waals surface area contributed by atoms with Crippen molar-refractivity contribution in [3.05, 3.63) is 77.2 Å². The molecule has 0 unspecified atom stereocenters. The van der Waals surface area contributed by atoms with Gasteiger partial charge in [-0.1, -0.05) is 41.9 Å². The summed E-state index contributed by atoms with van der Waals surface area (Å²) in [5, 5.41) is 0.643. The van der Waals surface area contributed by atoms with Crippen molar-refractivity contribution in [2.45, 2.75) is 6.42 Å². The summed E-state index contributed by atoms with van der Waals surface area (Å²) in [5.74, 6) is 0.0329. The average molecular weight is 244 g/mol. The van der Waals surface area contributed by atoms with Gasteiger partial charge in [0.2, 0.25) is 0 Å². The molecule has 0 fully saturated rings. The number of rotatable bonds is 4. The first-order chi connectivity index (χ1) is 8.25. The van der Waals surface area contributed by atoms with Gasteiger partial charge in [-0.25, -0.2) is 0 Å². The van der Waals surface area contributed by atoms with Crippen molar-refractivity contribution >= 4 is 17.4 Å². The maximum Gasteiger partial charge on any atom is 0.167 e. The summed E-state index contributed by atoms with van der Waals surface area (Å²) in [6.07, 6.45) is 2.35. The second kappa shape index (κ2) is 5.65. The van der Waals surface area contributed by atoms with Crippen molar-refractivity contribution in [2.75, 3.05) is 0 Å². The summed E-state index contributed by atoms with van der Waals surface area (Å²) in [7, 11) is 0. The van der Waals surface area contributed by atoms with E-state index in [0.29, 0.717) is 17.0 Å². The molecule has 0 saturated carbocycles. The van der Waals surface area contributed by atoms with Gasteiger partial charge in [-0.05, 0) is 36.2 Å². The van der Waals surface area contributed by atoms with Crippen molar-refractivity contribution in [3.63, 3.8) is 0 Å². The number of carbonyl (C=O) groups excluding carboxylic acids is 1. The molecule has 2 aromatic carbocycles. The van der Waals surface area contributed by atoms with Crippen LogP contribution in [0.15, 0.2) is 54.6 Å². The Kier molecular flexibility index (Phi) is 3.94. The highest BCUT2D eigenvalue weighted by atomic mass is 35.5. The third-order valence-corrected chi connectivity index (χ3v) is 2.75. The van der Waals surface area contributed by atoms with Crippen LogP contribution in [-0.2, 0) is 6.42 Å². The van der Waals surface area contributed by atoms with E-state index in [2.05, 4.69) is 0 Å². The van der Waals surface area contributed by atoms with E-state index in [1.54, 1.807) is 30.7 Å². The van der Waals surface area contributed by atoms with Gasteiger partial charge in [0.25, 0.3) is 0 Å². The SMILES string of the molecule is O=C([CH]Cc1ccccc1)c1ccc(Cl)cc1. The van der Waals surface area contributed by atoms with E-state index >= 15 is 0 Å². The smallest absolute Gasteiger partial charge is 0.167 e. The minimum Gasteiger partial charge on any atom is -0.294 e. The van der Waals surface area contributed by atoms with Crippen molar-refractivity contribution in [3.8, 4) is 0 Å². The molecular formula is C15H12ClO. The van der Waals surface area contributed by atoms with Gasteiger partial charge in [0.05, 0.1) is 0 Å². The largest absolute Gasteiger partial charge is 0.294 e. The lowest BCUT2D eigenvalue weighted by atomic mass is 10.0. The van der Waals surface area contributed by atoms with Gasteiger partial charge in [0.15, 0.2) is 5.78 Å². The molecule has 0 saturated heterocycles. The first-order valence-corrected chi connectivity index (χ1v) is 5.80. The average Bonchev–Trinajstić information content (AvgIpc) is 2.38. The van der Waals surface area contributed by atoms with Gasteiger partial charge < -0.3 is 0 Å². The lowest BCUT2D eigenvalue weighted by molar-refractivity contribution is 0.102. The van der Waals surface area contributed by atoms with Crippen LogP contribution in [0.25, 0.3) is 0 Å². The fourth-order valence-electron chi connectivity index (χ4n) is 1.56. The van der Waals surface area contributed by atoms with Crippen LogP contribution < -0.4 is 0 Å². The van der Waals surface area contributed by atoms with E-state index in [1.807, 2.05) is 30.3 Å². The van der Waals surface area contributed by atoms with Crippen LogP contribution in [0.2, 0.25) is 5.02 Å². The molecule has 0 bridgehead atoms. The summed E-state index contributed by atoms with van der Waals surface area (Å²) in [6.45, 7) is 0. The maximum absolute atomic E-state index is 11.8. The van der Waals surface area contributed by atoms with Gasteiger partial charge in [0, 0.05) is 17.0 Å². The number of carbonyl (C=O) groups is 1. The standard InChI is InChI=1S/C15H12ClO/c16-14-9-7-13(8-10-14)15(17)11-6-12-4-2-1-3-5-12/h1-5,7-11H,6H2. The topological polar surface area (TPSA) is 17.1 Å². The van der Waals surface area contributed by atoms with Crippen molar-refractivity contribution in [2.24, 2.45) is 0 Å². The number of Topliss-reactive ketones (excluding diaryl/α,β-unsaturated/α-hetero) is 1. The Hall–Kier alpha value is -1.60. The first-order valence-electron chi connectivity index (χ1n) is 5.43. The Morgan fingerprint density at radius 2 is 1.65 bits per heavy atom. The molecule has 1 nitrogen and oxygen atoms in total. The van der Waals surface area contributed by atoms with E-state index in [0.717, 1.165) is 5.56 Å². The van der Waals surface area contributed by atoms with E-state index in [4.69, 9.17) is 11.6 Å². The molecule has 2 heteroatoms. The molecule has 0 aliphatic carbocycles. The van der Waals surface area contributed by atoms with Gasteiger partial charge in [-0.3, -0.25) is 4.79 Å². The third-order valence-electron chi connectivity index (χ3n) is 2.49. The Labute approximate surface area is 106 Å². The second-order valence-corrected chi connectivity index (χ2v) is 4.20. The lowest BCUT2D eigenvalue weighted by Crippen LogP contribution is -2.01. The molecule has 2 rings (SSSR count). The van der Waals surface area contributed by atoms with E-state index in [9.17, 15) is 4.79 Å². The quantitative estimate of drug-likeness (QED) is 0.743. The van der Waals surface area contributed by atoms with Crippen LogP contribution in [0.5, 0.6) is 0 Å². The molecule has 85 valence electrons. The monoisotopic (exact) mass is 243 g/mol. The minimum atomic E-state index is 0.0329. The zero-order valence-electron chi connectivity index (χ0n) is 9.27. The van der Waals surface area contributed by atoms with Gasteiger partial charge in [-0.15, -0.1) is 0 Å². The molecule has 0 heterocycles. The van der Waals surface area contributed by atoms with E-state index < -0.39 is 0 Å². The molecule has 0 N–H and O–H groups in total. The highest BCUT2D eigenvalue weighted by Crippen LogP contribution is 2.12. The van der Waals surface area contributed by atoms with Gasteiger partial charge in [-0.2, -0.15) is 0 Å². The van der Waals surface area contributed by atoms with Crippen molar-refractivity contribution in [1.82, 2.24) is 0 Å². The van der Waals surface area contributed by atoms with Gasteiger partial charge >= 0.3 is 0 Å². The van der Waals surface area contributed by atoms with Crippen molar-refractivity contribution < 1.29 is 4.79 Å². The van der Waals surface area contributed by atoms with Crippen LogP contribution >= 0.6 is 11.6 Å². The lowest BCUT2D eigenvalue weighted by Gasteiger charge is -2.01. The van der Waals surface area contributed by atoms with E-state index in [-0.39, 0.29) is 5.78 Å².